The van der Waals surface area contributed by atoms with Crippen LogP contribution in [-0.4, -0.2) is 61.7 Å². The third kappa shape index (κ3) is 5.34. The highest BCUT2D eigenvalue weighted by Crippen LogP contribution is 2.30. The fraction of sp³-hybridized carbons (Fsp3) is 1.00. The van der Waals surface area contributed by atoms with Crippen LogP contribution in [0.4, 0.5) is 0 Å². The summed E-state index contributed by atoms with van der Waals surface area (Å²) >= 11 is 0. The smallest absolute Gasteiger partial charge is 0.0128 e. The van der Waals surface area contributed by atoms with Crippen LogP contribution in [0.3, 0.4) is 0 Å². The summed E-state index contributed by atoms with van der Waals surface area (Å²) in [6.07, 6.45) is 4.24. The minimum Gasteiger partial charge on any atom is -0.314 e. The maximum Gasteiger partial charge on any atom is 0.0128 e. The van der Waals surface area contributed by atoms with Crippen LogP contribution in [0.2, 0.25) is 0 Å². The summed E-state index contributed by atoms with van der Waals surface area (Å²) in [6.45, 7) is 18.1. The zero-order chi connectivity index (χ0) is 14.6. The molecule has 1 aliphatic heterocycles. The molecule has 0 aromatic rings. The van der Waals surface area contributed by atoms with Gasteiger partial charge < -0.3 is 15.1 Å². The number of hydrogen-bond donors (Lipinski definition) is 1. The van der Waals surface area contributed by atoms with Crippen molar-refractivity contribution >= 4 is 0 Å². The molecule has 0 spiro atoms. The van der Waals surface area contributed by atoms with Gasteiger partial charge in [-0.2, -0.15) is 0 Å². The van der Waals surface area contributed by atoms with Crippen molar-refractivity contribution < 1.29 is 0 Å². The predicted molar refractivity (Wildman–Crippen MR) is 87.1 cm³/mol. The monoisotopic (exact) mass is 281 g/mol. The number of nitrogens with one attached hydrogen (secondary N) is 1. The third-order valence-electron chi connectivity index (χ3n) is 4.91. The Hall–Kier alpha value is -0.120. The Kier molecular flexibility index (Phi) is 5.88. The predicted octanol–water partition coefficient (Wildman–Crippen LogP) is 2.43. The van der Waals surface area contributed by atoms with E-state index in [1.54, 1.807) is 0 Å². The van der Waals surface area contributed by atoms with Crippen LogP contribution in [0.5, 0.6) is 0 Å². The van der Waals surface area contributed by atoms with Gasteiger partial charge in [0.25, 0.3) is 0 Å². The standard InChI is InChI=1S/C17H35N3/c1-5-18-16(17(2,3)4)8-9-19-10-12-20(13-11-19)14-15-6-7-15/h15-16,18H,5-14H2,1-4H3. The summed E-state index contributed by atoms with van der Waals surface area (Å²) < 4.78 is 0. The second kappa shape index (κ2) is 7.24. The molecule has 1 saturated carbocycles. The van der Waals surface area contributed by atoms with Gasteiger partial charge in [-0.25, -0.2) is 0 Å². The molecule has 3 nitrogen and oxygen atoms in total. The molecule has 1 heterocycles. The second-order valence-corrected chi connectivity index (χ2v) is 7.85. The first kappa shape index (κ1) is 16.3. The SMILES string of the molecule is CCNC(CCN1CCN(CC2CC2)CC1)C(C)(C)C. The van der Waals surface area contributed by atoms with E-state index in [2.05, 4.69) is 42.8 Å². The van der Waals surface area contributed by atoms with Crippen molar-refractivity contribution in [2.75, 3.05) is 45.8 Å². The molecule has 1 unspecified atom stereocenters. The Bertz CT molecular complexity index is 272. The number of rotatable bonds is 7. The van der Waals surface area contributed by atoms with Crippen molar-refractivity contribution in [3.63, 3.8) is 0 Å². The lowest BCUT2D eigenvalue weighted by molar-refractivity contribution is 0.117. The van der Waals surface area contributed by atoms with E-state index in [1.807, 2.05) is 0 Å². The zero-order valence-corrected chi connectivity index (χ0v) is 14.1. The fourth-order valence-electron chi connectivity index (χ4n) is 3.26. The third-order valence-corrected chi connectivity index (χ3v) is 4.91. The quantitative estimate of drug-likeness (QED) is 0.773. The van der Waals surface area contributed by atoms with Crippen molar-refractivity contribution in [2.24, 2.45) is 11.3 Å². The Labute approximate surface area is 126 Å². The van der Waals surface area contributed by atoms with Gasteiger partial charge in [0.2, 0.25) is 0 Å². The molecule has 0 amide bonds. The van der Waals surface area contributed by atoms with E-state index in [-0.39, 0.29) is 0 Å². The van der Waals surface area contributed by atoms with Crippen LogP contribution in [0.15, 0.2) is 0 Å². The lowest BCUT2D eigenvalue weighted by atomic mass is 9.84. The number of hydrogen-bond acceptors (Lipinski definition) is 3. The summed E-state index contributed by atoms with van der Waals surface area (Å²) in [6, 6.07) is 0.636. The topological polar surface area (TPSA) is 18.5 Å². The van der Waals surface area contributed by atoms with Gasteiger partial charge in [0, 0.05) is 38.8 Å². The van der Waals surface area contributed by atoms with Gasteiger partial charge in [-0.15, -0.1) is 0 Å². The van der Waals surface area contributed by atoms with E-state index in [1.165, 1.54) is 58.5 Å². The minimum absolute atomic E-state index is 0.365. The molecule has 1 saturated heterocycles. The average molecular weight is 281 g/mol. The molecule has 20 heavy (non-hydrogen) atoms. The summed E-state index contributed by atoms with van der Waals surface area (Å²) in [5.74, 6) is 1.04. The molecule has 1 aliphatic carbocycles. The molecule has 2 fully saturated rings. The molecule has 2 rings (SSSR count). The summed E-state index contributed by atoms with van der Waals surface area (Å²) in [4.78, 5) is 5.35. The first-order chi connectivity index (χ1) is 9.49. The molecule has 2 aliphatic rings. The average Bonchev–Trinajstić information content (AvgIpc) is 3.19. The Balaban J connectivity index is 1.66. The second-order valence-electron chi connectivity index (χ2n) is 7.85. The maximum atomic E-state index is 3.67. The zero-order valence-electron chi connectivity index (χ0n) is 14.1. The van der Waals surface area contributed by atoms with Crippen molar-refractivity contribution in [1.29, 1.82) is 0 Å². The van der Waals surface area contributed by atoms with Crippen LogP contribution in [0.1, 0.15) is 47.0 Å². The molecule has 0 aromatic carbocycles. The molecule has 118 valence electrons. The minimum atomic E-state index is 0.365. The van der Waals surface area contributed by atoms with Crippen LogP contribution in [-0.2, 0) is 0 Å². The number of nitrogens with zero attached hydrogens (tertiary/aromatic N) is 2. The molecule has 0 aromatic heterocycles. The van der Waals surface area contributed by atoms with Gasteiger partial charge in [0.1, 0.15) is 0 Å². The summed E-state index contributed by atoms with van der Waals surface area (Å²) in [5, 5.41) is 3.67. The number of piperazine rings is 1. The Morgan fingerprint density at radius 3 is 2.15 bits per heavy atom. The molecule has 1 atom stereocenters. The van der Waals surface area contributed by atoms with E-state index in [0.29, 0.717) is 11.5 Å². The molecule has 3 heteroatoms. The molecule has 0 bridgehead atoms. The van der Waals surface area contributed by atoms with Gasteiger partial charge in [-0.1, -0.05) is 27.7 Å². The Morgan fingerprint density at radius 2 is 1.65 bits per heavy atom. The Morgan fingerprint density at radius 1 is 1.05 bits per heavy atom. The van der Waals surface area contributed by atoms with E-state index in [4.69, 9.17) is 0 Å². The lowest BCUT2D eigenvalue weighted by Crippen LogP contribution is -2.49. The molecule has 1 N–H and O–H groups in total. The molecular weight excluding hydrogens is 246 g/mol. The van der Waals surface area contributed by atoms with E-state index in [0.717, 1.165) is 12.5 Å². The molecular formula is C17H35N3. The maximum absolute atomic E-state index is 3.67. The van der Waals surface area contributed by atoms with Crippen LogP contribution in [0, 0.1) is 11.3 Å². The highest BCUT2D eigenvalue weighted by atomic mass is 15.3. The summed E-state index contributed by atoms with van der Waals surface area (Å²) in [7, 11) is 0. The first-order valence-corrected chi connectivity index (χ1v) is 8.67. The van der Waals surface area contributed by atoms with Crippen molar-refractivity contribution in [3.8, 4) is 0 Å². The lowest BCUT2D eigenvalue weighted by Gasteiger charge is -2.37. The van der Waals surface area contributed by atoms with Crippen LogP contribution < -0.4 is 5.32 Å². The van der Waals surface area contributed by atoms with E-state index >= 15 is 0 Å². The van der Waals surface area contributed by atoms with Crippen molar-refractivity contribution in [3.05, 3.63) is 0 Å². The fourth-order valence-corrected chi connectivity index (χ4v) is 3.26. The first-order valence-electron chi connectivity index (χ1n) is 8.67. The van der Waals surface area contributed by atoms with Crippen molar-refractivity contribution in [1.82, 2.24) is 15.1 Å². The van der Waals surface area contributed by atoms with Crippen LogP contribution >= 0.6 is 0 Å². The van der Waals surface area contributed by atoms with Gasteiger partial charge in [-0.05, 0) is 43.7 Å². The van der Waals surface area contributed by atoms with Gasteiger partial charge >= 0.3 is 0 Å². The normalized spacial score (nSPS) is 24.0. The summed E-state index contributed by atoms with van der Waals surface area (Å²) in [5.41, 5.74) is 0.365. The van der Waals surface area contributed by atoms with E-state index < -0.39 is 0 Å². The highest BCUT2D eigenvalue weighted by molar-refractivity contribution is 4.83. The van der Waals surface area contributed by atoms with Crippen LogP contribution in [0.25, 0.3) is 0 Å². The van der Waals surface area contributed by atoms with E-state index in [9.17, 15) is 0 Å². The molecule has 0 radical (unpaired) electrons. The highest BCUT2D eigenvalue weighted by Gasteiger charge is 2.27. The van der Waals surface area contributed by atoms with Gasteiger partial charge in [0.05, 0.1) is 0 Å². The largest absolute Gasteiger partial charge is 0.314 e. The van der Waals surface area contributed by atoms with Gasteiger partial charge in [-0.3, -0.25) is 0 Å². The van der Waals surface area contributed by atoms with Crippen molar-refractivity contribution in [2.45, 2.75) is 53.0 Å². The van der Waals surface area contributed by atoms with Gasteiger partial charge in [0.15, 0.2) is 0 Å².